The van der Waals surface area contributed by atoms with Crippen LogP contribution in [0, 0.1) is 0 Å². The molecule has 0 spiro atoms. The molecule has 0 N–H and O–H groups in total. The smallest absolute Gasteiger partial charge is 0.151 e. The largest absolute Gasteiger partial charge is 0.457 e. The molecule has 0 saturated carbocycles. The van der Waals surface area contributed by atoms with Crippen LogP contribution in [0.15, 0.2) is 224 Å². The lowest BCUT2D eigenvalue weighted by molar-refractivity contribution is 0.388. The average Bonchev–Trinajstić information content (AvgIpc) is 3.68. The van der Waals surface area contributed by atoms with Gasteiger partial charge in [0, 0.05) is 34.3 Å². The van der Waals surface area contributed by atoms with Gasteiger partial charge in [0.15, 0.2) is 17.2 Å². The highest BCUT2D eigenvalue weighted by Crippen LogP contribution is 2.51. The van der Waals surface area contributed by atoms with Crippen molar-refractivity contribution in [3.63, 3.8) is 0 Å². The fourth-order valence-electron chi connectivity index (χ4n) is 9.77. The standard InChI is InChI=1S/C58H39N3O2/c1-2-12-41-35-46(32-25-38(41)11-1)61-49-33-26-42(39-21-28-44(29-22-39)59-51-13-3-7-17-55(51)62-56-18-8-4-14-52(56)59)36-47(49)48-37-43(27-34-50(48)61)40-23-30-45(31-24-40)60-53-15-5-9-19-57(53)63-58-20-10-6-16-54(58)60/h1-9,11-19,21-37H,10,20H2. The maximum absolute atomic E-state index is 6.38. The zero-order valence-electron chi connectivity index (χ0n) is 34.3. The number of aromatic nitrogens is 1. The molecule has 298 valence electrons. The van der Waals surface area contributed by atoms with Crippen LogP contribution in [-0.2, 0) is 0 Å². The van der Waals surface area contributed by atoms with E-state index in [-0.39, 0.29) is 0 Å². The van der Waals surface area contributed by atoms with Gasteiger partial charge in [-0.15, -0.1) is 0 Å². The van der Waals surface area contributed by atoms with Crippen molar-refractivity contribution < 1.29 is 9.47 Å². The molecule has 5 heteroatoms. The minimum Gasteiger partial charge on any atom is -0.457 e. The van der Waals surface area contributed by atoms with Crippen LogP contribution in [0.25, 0.3) is 60.5 Å². The minimum absolute atomic E-state index is 0.847. The first-order valence-electron chi connectivity index (χ1n) is 21.6. The van der Waals surface area contributed by atoms with Gasteiger partial charge in [0.2, 0.25) is 0 Å². The molecule has 3 aliphatic rings. The highest BCUT2D eigenvalue weighted by molar-refractivity contribution is 6.12. The molecule has 0 bridgehead atoms. The summed E-state index contributed by atoms with van der Waals surface area (Å²) in [6.07, 6.45) is 6.33. The SMILES string of the molecule is C1=CC2=C(CC1)Oc1ccccc1N2c1ccc(-c2ccc3c(c2)c2cc(-c4ccc(N5c6ccccc6Oc6ccccc65)cc4)ccc2n3-c2ccc3ccccc3c2)cc1. The Balaban J connectivity index is 0.917. The summed E-state index contributed by atoms with van der Waals surface area (Å²) in [5.41, 5.74) is 14.6. The molecule has 9 aromatic carbocycles. The Hall–Kier alpha value is -8.28. The van der Waals surface area contributed by atoms with Gasteiger partial charge in [-0.3, -0.25) is 0 Å². The van der Waals surface area contributed by atoms with Gasteiger partial charge >= 0.3 is 0 Å². The van der Waals surface area contributed by atoms with Crippen LogP contribution in [0.5, 0.6) is 17.2 Å². The molecular weight excluding hydrogens is 771 g/mol. The maximum Gasteiger partial charge on any atom is 0.151 e. The predicted molar refractivity (Wildman–Crippen MR) is 259 cm³/mol. The van der Waals surface area contributed by atoms with Gasteiger partial charge in [-0.25, -0.2) is 0 Å². The molecule has 13 rings (SSSR count). The second-order valence-corrected chi connectivity index (χ2v) is 16.5. The molecule has 0 atom stereocenters. The van der Waals surface area contributed by atoms with E-state index in [2.05, 4.69) is 196 Å². The molecule has 0 unspecified atom stereocenters. The van der Waals surface area contributed by atoms with E-state index < -0.39 is 0 Å². The summed E-state index contributed by atoms with van der Waals surface area (Å²) in [4.78, 5) is 4.62. The highest BCUT2D eigenvalue weighted by atomic mass is 16.5. The lowest BCUT2D eigenvalue weighted by Crippen LogP contribution is -2.24. The molecule has 1 aromatic heterocycles. The summed E-state index contributed by atoms with van der Waals surface area (Å²) in [6, 6.07) is 71.9. The number of benzene rings is 9. The molecule has 2 aliphatic heterocycles. The van der Waals surface area contributed by atoms with Crippen LogP contribution >= 0.6 is 0 Å². The minimum atomic E-state index is 0.847. The number of para-hydroxylation sites is 6. The van der Waals surface area contributed by atoms with E-state index >= 15 is 0 Å². The van der Waals surface area contributed by atoms with Crippen LogP contribution in [0.1, 0.15) is 12.8 Å². The van der Waals surface area contributed by atoms with Crippen molar-refractivity contribution in [2.75, 3.05) is 9.80 Å². The topological polar surface area (TPSA) is 29.9 Å². The molecule has 0 amide bonds. The lowest BCUT2D eigenvalue weighted by Gasteiger charge is -2.35. The van der Waals surface area contributed by atoms with Crippen molar-refractivity contribution >= 4 is 61.0 Å². The highest BCUT2D eigenvalue weighted by Gasteiger charge is 2.28. The zero-order chi connectivity index (χ0) is 41.4. The molecule has 3 heterocycles. The van der Waals surface area contributed by atoms with Gasteiger partial charge in [0.25, 0.3) is 0 Å². The molecule has 63 heavy (non-hydrogen) atoms. The average molecular weight is 810 g/mol. The van der Waals surface area contributed by atoms with E-state index in [0.717, 1.165) is 81.2 Å². The molecule has 0 saturated heterocycles. The van der Waals surface area contributed by atoms with Gasteiger partial charge in [-0.1, -0.05) is 109 Å². The number of ether oxygens (including phenoxy) is 2. The van der Waals surface area contributed by atoms with Gasteiger partial charge in [-0.2, -0.15) is 0 Å². The van der Waals surface area contributed by atoms with E-state index in [0.29, 0.717) is 0 Å². The van der Waals surface area contributed by atoms with E-state index in [1.165, 1.54) is 49.3 Å². The second kappa shape index (κ2) is 14.2. The quantitative estimate of drug-likeness (QED) is 0.173. The molecule has 5 nitrogen and oxygen atoms in total. The number of fused-ring (bicyclic) bond motifs is 7. The first-order chi connectivity index (χ1) is 31.2. The Morgan fingerprint density at radius 3 is 1.49 bits per heavy atom. The lowest BCUT2D eigenvalue weighted by atomic mass is 9.99. The first kappa shape index (κ1) is 35.5. The monoisotopic (exact) mass is 809 g/mol. The van der Waals surface area contributed by atoms with Crippen molar-refractivity contribution in [2.24, 2.45) is 0 Å². The first-order valence-corrected chi connectivity index (χ1v) is 21.6. The Bertz CT molecular complexity index is 3480. The number of anilines is 5. The normalized spacial score (nSPS) is 14.0. The summed E-state index contributed by atoms with van der Waals surface area (Å²) < 4.78 is 15.1. The summed E-state index contributed by atoms with van der Waals surface area (Å²) in [6.45, 7) is 0. The van der Waals surface area contributed by atoms with Crippen LogP contribution in [0.3, 0.4) is 0 Å². The van der Waals surface area contributed by atoms with Crippen molar-refractivity contribution in [3.05, 3.63) is 224 Å². The van der Waals surface area contributed by atoms with Crippen LogP contribution in [-0.4, -0.2) is 4.57 Å². The third-order valence-corrected chi connectivity index (χ3v) is 12.8. The van der Waals surface area contributed by atoms with Crippen LogP contribution in [0.2, 0.25) is 0 Å². The van der Waals surface area contributed by atoms with E-state index in [9.17, 15) is 0 Å². The predicted octanol–water partition coefficient (Wildman–Crippen LogP) is 15.9. The van der Waals surface area contributed by atoms with Crippen molar-refractivity contribution in [1.29, 1.82) is 0 Å². The number of nitrogens with zero attached hydrogens (tertiary/aromatic N) is 3. The van der Waals surface area contributed by atoms with Crippen LogP contribution < -0.4 is 19.3 Å². The molecule has 10 aromatic rings. The van der Waals surface area contributed by atoms with Gasteiger partial charge in [0.1, 0.15) is 5.76 Å². The molecule has 1 aliphatic carbocycles. The summed E-state index contributed by atoms with van der Waals surface area (Å²) >= 11 is 0. The molecule has 0 fully saturated rings. The second-order valence-electron chi connectivity index (χ2n) is 16.5. The van der Waals surface area contributed by atoms with Crippen molar-refractivity contribution in [1.82, 2.24) is 4.57 Å². The number of hydrogen-bond donors (Lipinski definition) is 0. The Kier molecular flexibility index (Phi) is 7.97. The fraction of sp³-hybridized carbons (Fsp3) is 0.0345. The van der Waals surface area contributed by atoms with Crippen molar-refractivity contribution in [3.8, 4) is 45.2 Å². The maximum atomic E-state index is 6.38. The molecule has 0 radical (unpaired) electrons. The number of rotatable bonds is 5. The Labute approximate surface area is 365 Å². The van der Waals surface area contributed by atoms with Gasteiger partial charge in [0.05, 0.1) is 33.8 Å². The van der Waals surface area contributed by atoms with Crippen LogP contribution in [0.4, 0.5) is 28.4 Å². The number of allylic oxidation sites excluding steroid dienone is 3. The van der Waals surface area contributed by atoms with E-state index in [1.807, 2.05) is 30.3 Å². The third-order valence-electron chi connectivity index (χ3n) is 12.8. The van der Waals surface area contributed by atoms with Gasteiger partial charge in [-0.05, 0) is 143 Å². The summed E-state index contributed by atoms with van der Waals surface area (Å²) in [7, 11) is 0. The summed E-state index contributed by atoms with van der Waals surface area (Å²) in [5, 5.41) is 4.88. The van der Waals surface area contributed by atoms with Crippen molar-refractivity contribution in [2.45, 2.75) is 12.8 Å². The van der Waals surface area contributed by atoms with E-state index in [4.69, 9.17) is 9.47 Å². The number of hydrogen-bond acceptors (Lipinski definition) is 4. The zero-order valence-corrected chi connectivity index (χ0v) is 34.3. The Morgan fingerprint density at radius 2 is 0.873 bits per heavy atom. The molecular formula is C58H39N3O2. The Morgan fingerprint density at radius 1 is 0.381 bits per heavy atom. The van der Waals surface area contributed by atoms with Gasteiger partial charge < -0.3 is 23.8 Å². The third kappa shape index (κ3) is 5.78. The van der Waals surface area contributed by atoms with E-state index in [1.54, 1.807) is 0 Å². The fourth-order valence-corrected chi connectivity index (χ4v) is 9.77. The summed E-state index contributed by atoms with van der Waals surface area (Å²) in [5.74, 6) is 3.62.